The molecule has 0 aromatic heterocycles. The van der Waals surface area contributed by atoms with Gasteiger partial charge in [-0.2, -0.15) is 4.31 Å². The van der Waals surface area contributed by atoms with Crippen molar-refractivity contribution in [2.24, 2.45) is 5.92 Å². The molecule has 1 amide bonds. The van der Waals surface area contributed by atoms with Crippen molar-refractivity contribution in [3.05, 3.63) is 18.2 Å². The van der Waals surface area contributed by atoms with Crippen molar-refractivity contribution < 1.29 is 22.7 Å². The fraction of sp³-hybridized carbons (Fsp3) is 0.650. The van der Waals surface area contributed by atoms with E-state index in [2.05, 4.69) is 6.92 Å². The van der Waals surface area contributed by atoms with Crippen LogP contribution in [0.2, 0.25) is 0 Å². The van der Waals surface area contributed by atoms with Gasteiger partial charge in [0.15, 0.2) is 11.5 Å². The highest BCUT2D eigenvalue weighted by atomic mass is 32.2. The maximum Gasteiger partial charge on any atom is 0.267 e. The van der Waals surface area contributed by atoms with Gasteiger partial charge in [-0.15, -0.1) is 0 Å². The maximum absolute atomic E-state index is 12.9. The molecular formula is C20H28N2O5S. The van der Waals surface area contributed by atoms with Crippen LogP contribution in [0.5, 0.6) is 11.5 Å². The first-order chi connectivity index (χ1) is 13.4. The highest BCUT2D eigenvalue weighted by Crippen LogP contribution is 2.35. The molecule has 3 aliphatic heterocycles. The summed E-state index contributed by atoms with van der Waals surface area (Å²) >= 11 is 0. The quantitative estimate of drug-likeness (QED) is 0.767. The zero-order valence-electron chi connectivity index (χ0n) is 16.3. The highest BCUT2D eigenvalue weighted by molar-refractivity contribution is 7.89. The standard InChI is InChI=1S/C20H28N2O5S/c1-15-7-11-22(12-8-15)28(24,25)16-5-6-17-18(13-16)26-14-19(27-17)20(23)21-9-3-2-4-10-21/h5-6,13,15,19H,2-4,7-12,14H2,1H3/t19-/m0/s1. The molecule has 0 saturated carbocycles. The largest absolute Gasteiger partial charge is 0.485 e. The number of hydrogen-bond acceptors (Lipinski definition) is 5. The first-order valence-corrected chi connectivity index (χ1v) is 11.6. The summed E-state index contributed by atoms with van der Waals surface area (Å²) in [4.78, 5) is 14.7. The van der Waals surface area contributed by atoms with Crippen molar-refractivity contribution in [3.8, 4) is 11.5 Å². The minimum Gasteiger partial charge on any atom is -0.485 e. The fourth-order valence-corrected chi connectivity index (χ4v) is 5.51. The molecule has 0 N–H and O–H groups in total. The molecule has 3 heterocycles. The van der Waals surface area contributed by atoms with Gasteiger partial charge in [-0.3, -0.25) is 4.79 Å². The van der Waals surface area contributed by atoms with E-state index in [1.165, 1.54) is 6.07 Å². The number of carbonyl (C=O) groups excluding carboxylic acids is 1. The zero-order chi connectivity index (χ0) is 19.7. The second kappa shape index (κ2) is 7.91. The van der Waals surface area contributed by atoms with Crippen LogP contribution in [0.1, 0.15) is 39.0 Å². The Morgan fingerprint density at radius 2 is 1.75 bits per heavy atom. The lowest BCUT2D eigenvalue weighted by molar-refractivity contribution is -0.142. The van der Waals surface area contributed by atoms with Crippen molar-refractivity contribution in [1.82, 2.24) is 9.21 Å². The molecule has 4 rings (SSSR count). The lowest BCUT2D eigenvalue weighted by atomic mass is 10.0. The van der Waals surface area contributed by atoms with Crippen molar-refractivity contribution in [1.29, 1.82) is 0 Å². The summed E-state index contributed by atoms with van der Waals surface area (Å²) in [6.45, 7) is 4.87. The summed E-state index contributed by atoms with van der Waals surface area (Å²) in [6.07, 6.45) is 4.28. The number of nitrogens with zero attached hydrogens (tertiary/aromatic N) is 2. The topological polar surface area (TPSA) is 76.2 Å². The molecule has 0 aliphatic carbocycles. The number of benzene rings is 1. The van der Waals surface area contributed by atoms with Crippen LogP contribution < -0.4 is 9.47 Å². The third-order valence-electron chi connectivity index (χ3n) is 5.90. The van der Waals surface area contributed by atoms with E-state index in [-0.39, 0.29) is 17.4 Å². The van der Waals surface area contributed by atoms with Gasteiger partial charge >= 0.3 is 0 Å². The average molecular weight is 409 g/mol. The first-order valence-electron chi connectivity index (χ1n) is 10.2. The predicted octanol–water partition coefficient (Wildman–Crippen LogP) is 2.26. The summed E-state index contributed by atoms with van der Waals surface area (Å²) in [6, 6.07) is 4.66. The number of amides is 1. The van der Waals surface area contributed by atoms with E-state index in [0.29, 0.717) is 30.5 Å². The molecule has 7 nitrogen and oxygen atoms in total. The molecule has 0 unspecified atom stereocenters. The van der Waals surface area contributed by atoms with Gasteiger partial charge in [0.2, 0.25) is 16.1 Å². The van der Waals surface area contributed by atoms with E-state index in [9.17, 15) is 13.2 Å². The van der Waals surface area contributed by atoms with Crippen LogP contribution >= 0.6 is 0 Å². The number of sulfonamides is 1. The van der Waals surface area contributed by atoms with Crippen molar-refractivity contribution in [3.63, 3.8) is 0 Å². The first kappa shape index (κ1) is 19.5. The van der Waals surface area contributed by atoms with Gasteiger partial charge in [-0.25, -0.2) is 8.42 Å². The van der Waals surface area contributed by atoms with Gasteiger partial charge in [-0.1, -0.05) is 6.92 Å². The van der Waals surface area contributed by atoms with Crippen LogP contribution in [0.25, 0.3) is 0 Å². The number of hydrogen-bond donors (Lipinski definition) is 0. The van der Waals surface area contributed by atoms with Crippen molar-refractivity contribution in [2.45, 2.75) is 50.0 Å². The van der Waals surface area contributed by atoms with E-state index in [4.69, 9.17) is 9.47 Å². The predicted molar refractivity (Wildman–Crippen MR) is 104 cm³/mol. The Hall–Kier alpha value is -1.80. The molecule has 0 spiro atoms. The van der Waals surface area contributed by atoms with E-state index in [1.807, 2.05) is 4.90 Å². The summed E-state index contributed by atoms with van der Waals surface area (Å²) in [7, 11) is -3.54. The van der Waals surface area contributed by atoms with E-state index < -0.39 is 16.1 Å². The van der Waals surface area contributed by atoms with Crippen molar-refractivity contribution in [2.75, 3.05) is 32.8 Å². The number of ether oxygens (including phenoxy) is 2. The molecule has 1 atom stereocenters. The normalized spacial score (nSPS) is 24.2. The molecule has 2 fully saturated rings. The monoisotopic (exact) mass is 408 g/mol. The third-order valence-corrected chi connectivity index (χ3v) is 7.79. The average Bonchev–Trinajstić information content (AvgIpc) is 2.73. The van der Waals surface area contributed by atoms with Gasteiger partial charge in [0.05, 0.1) is 4.90 Å². The number of piperidine rings is 2. The number of fused-ring (bicyclic) bond motifs is 1. The minimum atomic E-state index is -3.54. The fourth-order valence-electron chi connectivity index (χ4n) is 4.03. The molecule has 3 aliphatic rings. The van der Waals surface area contributed by atoms with Crippen LogP contribution in [-0.2, 0) is 14.8 Å². The molecule has 1 aromatic carbocycles. The van der Waals surface area contributed by atoms with E-state index in [1.54, 1.807) is 16.4 Å². The summed E-state index contributed by atoms with van der Waals surface area (Å²) in [5.41, 5.74) is 0. The molecule has 0 bridgehead atoms. The Bertz CT molecular complexity index is 827. The highest BCUT2D eigenvalue weighted by Gasteiger charge is 2.34. The van der Waals surface area contributed by atoms with Gasteiger partial charge in [0.1, 0.15) is 6.61 Å². The Balaban J connectivity index is 1.47. The maximum atomic E-state index is 12.9. The second-order valence-electron chi connectivity index (χ2n) is 8.00. The van der Waals surface area contributed by atoms with Gasteiger partial charge in [0, 0.05) is 32.2 Å². The number of carbonyl (C=O) groups is 1. The van der Waals surface area contributed by atoms with Crippen LogP contribution in [0.4, 0.5) is 0 Å². The smallest absolute Gasteiger partial charge is 0.267 e. The molecule has 154 valence electrons. The Kier molecular flexibility index (Phi) is 5.51. The Labute approximate surface area is 166 Å². The lowest BCUT2D eigenvalue weighted by Gasteiger charge is -2.33. The zero-order valence-corrected chi connectivity index (χ0v) is 17.1. The molecule has 0 radical (unpaired) electrons. The molecule has 8 heteroatoms. The SMILES string of the molecule is CC1CCN(S(=O)(=O)c2ccc3c(c2)OC[C@@H](C(=O)N2CCCCC2)O3)CC1. The lowest BCUT2D eigenvalue weighted by Crippen LogP contribution is -2.48. The summed E-state index contributed by atoms with van der Waals surface area (Å²) < 4.78 is 39.0. The van der Waals surface area contributed by atoms with E-state index >= 15 is 0 Å². The van der Waals surface area contributed by atoms with Crippen molar-refractivity contribution >= 4 is 15.9 Å². The molecule has 2 saturated heterocycles. The van der Waals surface area contributed by atoms with Crippen LogP contribution in [0, 0.1) is 5.92 Å². The molecular weight excluding hydrogens is 380 g/mol. The Morgan fingerprint density at radius 1 is 1.04 bits per heavy atom. The van der Waals surface area contributed by atoms with Gasteiger partial charge in [0.25, 0.3) is 5.91 Å². The van der Waals surface area contributed by atoms with Crippen LogP contribution in [0.15, 0.2) is 23.1 Å². The minimum absolute atomic E-state index is 0.0514. The third kappa shape index (κ3) is 3.85. The van der Waals surface area contributed by atoms with Crippen LogP contribution in [-0.4, -0.2) is 62.4 Å². The number of rotatable bonds is 3. The number of likely N-dealkylation sites (tertiary alicyclic amines) is 1. The summed E-state index contributed by atoms with van der Waals surface area (Å²) in [5.74, 6) is 1.31. The molecule has 1 aromatic rings. The molecule has 28 heavy (non-hydrogen) atoms. The summed E-state index contributed by atoms with van der Waals surface area (Å²) in [5, 5.41) is 0. The van der Waals surface area contributed by atoms with E-state index in [0.717, 1.165) is 45.2 Å². The Morgan fingerprint density at radius 3 is 2.46 bits per heavy atom. The second-order valence-corrected chi connectivity index (χ2v) is 9.94. The van der Waals surface area contributed by atoms with Crippen LogP contribution in [0.3, 0.4) is 0 Å². The van der Waals surface area contributed by atoms with Gasteiger partial charge < -0.3 is 14.4 Å². The van der Waals surface area contributed by atoms with Gasteiger partial charge in [-0.05, 0) is 50.2 Å².